The molecule has 2 N–H and O–H groups in total. The molecule has 2 atom stereocenters. The number of aliphatic hydroxyl groups excluding tert-OH is 2. The molecule has 1 aromatic carbocycles. The Hall–Kier alpha value is -1.92. The highest BCUT2D eigenvalue weighted by molar-refractivity contribution is 5.72. The van der Waals surface area contributed by atoms with Gasteiger partial charge in [0.1, 0.15) is 23.4 Å². The summed E-state index contributed by atoms with van der Waals surface area (Å²) in [4.78, 5) is 12.2. The van der Waals surface area contributed by atoms with Crippen molar-refractivity contribution in [3.05, 3.63) is 45.8 Å². The minimum Gasteiger partial charge on any atom is -0.805 e. The van der Waals surface area contributed by atoms with Crippen LogP contribution in [0.15, 0.2) is 24.3 Å². The lowest BCUT2D eigenvalue weighted by molar-refractivity contribution is -0.484. The van der Waals surface area contributed by atoms with Crippen LogP contribution in [0, 0.1) is 10.1 Å². The smallest absolute Gasteiger partial charge is 0.290 e. The number of benzene rings is 1. The normalized spacial score (nSPS) is 23.0. The van der Waals surface area contributed by atoms with Crippen molar-refractivity contribution in [2.75, 3.05) is 0 Å². The molecular weight excluding hydrogens is 236 g/mol. The van der Waals surface area contributed by atoms with Crippen LogP contribution in [0.1, 0.15) is 36.4 Å². The molecule has 0 aliphatic heterocycles. The van der Waals surface area contributed by atoms with Crippen molar-refractivity contribution in [2.24, 2.45) is 0 Å². The lowest BCUT2D eigenvalue weighted by atomic mass is 9.95. The van der Waals surface area contributed by atoms with E-state index in [1.54, 1.807) is 12.1 Å². The third-order valence-electron chi connectivity index (χ3n) is 3.36. The van der Waals surface area contributed by atoms with Crippen molar-refractivity contribution in [1.82, 2.24) is 4.73 Å². The van der Waals surface area contributed by atoms with Crippen LogP contribution in [0.4, 0.5) is 0 Å². The fourth-order valence-corrected chi connectivity index (χ4v) is 2.48. The zero-order valence-electron chi connectivity index (χ0n) is 9.48. The maximum Gasteiger partial charge on any atom is 0.290 e. The van der Waals surface area contributed by atoms with E-state index < -0.39 is 12.2 Å². The molecule has 2 aromatic rings. The van der Waals surface area contributed by atoms with Gasteiger partial charge >= 0.3 is 0 Å². The van der Waals surface area contributed by atoms with Gasteiger partial charge in [0.05, 0.1) is 4.43 Å². The van der Waals surface area contributed by atoms with Gasteiger partial charge in [-0.2, -0.15) is 0 Å². The second-order valence-corrected chi connectivity index (χ2v) is 4.46. The molecule has 0 fully saturated rings. The van der Waals surface area contributed by atoms with Crippen molar-refractivity contribution in [3.8, 4) is 0 Å². The number of para-hydroxylation sites is 2. The average Bonchev–Trinajstić information content (AvgIpc) is 2.38. The van der Waals surface area contributed by atoms with Gasteiger partial charge in [0, 0.05) is 11.0 Å². The second-order valence-electron chi connectivity index (χ2n) is 4.46. The lowest BCUT2D eigenvalue weighted by Crippen LogP contribution is -2.34. The monoisotopic (exact) mass is 248 g/mol. The fraction of sp³-hybridized carbons (Fsp3) is 0.333. The Morgan fingerprint density at radius 3 is 2.67 bits per heavy atom. The van der Waals surface area contributed by atoms with Crippen LogP contribution in [-0.2, 0) is 0 Å². The highest BCUT2D eigenvalue weighted by Crippen LogP contribution is 2.34. The minimum atomic E-state index is -1.01. The van der Waals surface area contributed by atoms with Crippen molar-refractivity contribution in [3.63, 3.8) is 0 Å². The maximum atomic E-state index is 12.2. The van der Waals surface area contributed by atoms with Crippen LogP contribution in [-0.4, -0.2) is 14.9 Å². The zero-order valence-corrected chi connectivity index (χ0v) is 9.48. The third kappa shape index (κ3) is 1.36. The summed E-state index contributed by atoms with van der Waals surface area (Å²) in [7, 11) is 0. The van der Waals surface area contributed by atoms with Crippen molar-refractivity contribution in [2.45, 2.75) is 25.0 Å². The van der Waals surface area contributed by atoms with Gasteiger partial charge in [-0.1, -0.05) is 12.1 Å². The zero-order chi connectivity index (χ0) is 12.9. The molecule has 1 heterocycles. The molecule has 18 heavy (non-hydrogen) atoms. The SMILES string of the molecule is O=[n+]1c2c(n([O-])c3ccccc31)[C@@H](O)CC[C@H]2O. The first-order chi connectivity index (χ1) is 8.61. The molecule has 1 aromatic heterocycles. The van der Waals surface area contributed by atoms with E-state index in [1.807, 2.05) is 0 Å². The van der Waals surface area contributed by atoms with Crippen LogP contribution in [0.5, 0.6) is 0 Å². The van der Waals surface area contributed by atoms with Gasteiger partial charge < -0.3 is 20.2 Å². The van der Waals surface area contributed by atoms with Gasteiger partial charge in [-0.15, -0.1) is 0 Å². The summed E-state index contributed by atoms with van der Waals surface area (Å²) in [5.74, 6) is 0. The van der Waals surface area contributed by atoms with Crippen molar-refractivity contribution >= 4 is 11.0 Å². The number of rotatable bonds is 0. The molecule has 0 bridgehead atoms. The first kappa shape index (κ1) is 11.2. The summed E-state index contributed by atoms with van der Waals surface area (Å²) >= 11 is 0. The van der Waals surface area contributed by atoms with E-state index in [9.17, 15) is 20.3 Å². The summed E-state index contributed by atoms with van der Waals surface area (Å²) in [6.07, 6.45) is -1.47. The van der Waals surface area contributed by atoms with Gasteiger partial charge in [-0.25, -0.2) is 0 Å². The molecule has 1 aliphatic carbocycles. The molecule has 0 unspecified atom stereocenters. The van der Waals surface area contributed by atoms with Gasteiger partial charge in [-0.3, -0.25) is 0 Å². The van der Waals surface area contributed by atoms with Gasteiger partial charge in [-0.05, 0) is 18.9 Å². The van der Waals surface area contributed by atoms with Crippen LogP contribution in [0.2, 0.25) is 0 Å². The Kier molecular flexibility index (Phi) is 2.36. The molecule has 6 heteroatoms. The Morgan fingerprint density at radius 2 is 1.89 bits per heavy atom. The first-order valence-corrected chi connectivity index (χ1v) is 5.75. The molecule has 94 valence electrons. The number of nitrogens with zero attached hydrogens (tertiary/aromatic N) is 2. The molecule has 0 saturated carbocycles. The molecule has 0 amide bonds. The summed E-state index contributed by atoms with van der Waals surface area (Å²) in [6.45, 7) is 0. The van der Waals surface area contributed by atoms with E-state index in [1.165, 1.54) is 12.1 Å². The molecule has 0 spiro atoms. The highest BCUT2D eigenvalue weighted by atomic mass is 16.5. The largest absolute Gasteiger partial charge is 0.805 e. The summed E-state index contributed by atoms with van der Waals surface area (Å²) in [5.41, 5.74) is 0.309. The van der Waals surface area contributed by atoms with Crippen LogP contribution >= 0.6 is 0 Å². The molecule has 0 saturated heterocycles. The molecular formula is C12H12N2O4. The topological polar surface area (TPSA) is 91.4 Å². The van der Waals surface area contributed by atoms with Crippen molar-refractivity contribution < 1.29 is 14.6 Å². The van der Waals surface area contributed by atoms with Crippen molar-refractivity contribution in [1.29, 1.82) is 0 Å². The Labute approximate surface area is 102 Å². The molecule has 1 aliphatic rings. The van der Waals surface area contributed by atoms with E-state index in [-0.39, 0.29) is 35.3 Å². The second kappa shape index (κ2) is 3.79. The highest BCUT2D eigenvalue weighted by Gasteiger charge is 2.36. The van der Waals surface area contributed by atoms with Gasteiger partial charge in [0.25, 0.3) is 11.2 Å². The summed E-state index contributed by atoms with van der Waals surface area (Å²) in [5, 5.41) is 31.9. The van der Waals surface area contributed by atoms with Gasteiger partial charge in [0.2, 0.25) is 0 Å². The first-order valence-electron chi connectivity index (χ1n) is 5.75. The number of hydrogen-bond acceptors (Lipinski definition) is 4. The number of hydrogen-bond donors (Lipinski definition) is 2. The number of aliphatic hydroxyl groups is 2. The number of aromatic nitrogens is 2. The van der Waals surface area contributed by atoms with Gasteiger partial charge in [0.15, 0.2) is 0 Å². The average molecular weight is 248 g/mol. The van der Waals surface area contributed by atoms with E-state index in [4.69, 9.17) is 0 Å². The van der Waals surface area contributed by atoms with Crippen LogP contribution < -0.4 is 4.43 Å². The maximum absolute atomic E-state index is 12.2. The van der Waals surface area contributed by atoms with Crippen LogP contribution in [0.3, 0.4) is 0 Å². The number of fused-ring (bicyclic) bond motifs is 2. The minimum absolute atomic E-state index is 0.0394. The van der Waals surface area contributed by atoms with E-state index >= 15 is 0 Å². The Bertz CT molecular complexity index is 680. The predicted molar refractivity (Wildman–Crippen MR) is 63.2 cm³/mol. The van der Waals surface area contributed by atoms with Crippen LogP contribution in [0.25, 0.3) is 11.0 Å². The summed E-state index contributed by atoms with van der Waals surface area (Å²) in [6, 6.07) is 6.33. The van der Waals surface area contributed by atoms with E-state index in [0.717, 1.165) is 0 Å². The summed E-state index contributed by atoms with van der Waals surface area (Å²) < 4.78 is 1.10. The molecule has 3 rings (SSSR count). The third-order valence-corrected chi connectivity index (χ3v) is 3.36. The fourth-order valence-electron chi connectivity index (χ4n) is 2.48. The molecule has 6 nitrogen and oxygen atoms in total. The van der Waals surface area contributed by atoms with E-state index in [0.29, 0.717) is 9.16 Å². The quantitative estimate of drug-likeness (QED) is 0.673. The standard InChI is InChI=1S/C12H12N2O4/c15-9-5-6-10(16)12-11(9)13(17)7-3-1-2-4-8(7)14(12)18/h1-4,9-10,15-16H,5-6H2/t9-,10+. The Morgan fingerprint density at radius 1 is 1.22 bits per heavy atom. The molecule has 0 radical (unpaired) electrons. The predicted octanol–water partition coefficient (Wildman–Crippen LogP) is 0.762. The lowest BCUT2D eigenvalue weighted by Gasteiger charge is -2.27. The van der Waals surface area contributed by atoms with E-state index in [2.05, 4.69) is 0 Å². The Balaban J connectivity index is 2.50.